The Hall–Kier alpha value is -2.15. The predicted octanol–water partition coefficient (Wildman–Crippen LogP) is 1.35. The van der Waals surface area contributed by atoms with Crippen molar-refractivity contribution in [2.45, 2.75) is 44.2 Å². The molecule has 2 heterocycles. The summed E-state index contributed by atoms with van der Waals surface area (Å²) >= 11 is 0. The van der Waals surface area contributed by atoms with E-state index in [1.807, 2.05) is 7.05 Å². The molecule has 2 aliphatic rings. The van der Waals surface area contributed by atoms with Crippen LogP contribution in [0.4, 0.5) is 5.82 Å². The van der Waals surface area contributed by atoms with Gasteiger partial charge in [0.25, 0.3) is 5.91 Å². The van der Waals surface area contributed by atoms with E-state index in [9.17, 15) is 14.7 Å². The number of rotatable bonds is 4. The molecule has 3 rings (SSSR count). The number of nitrogens with zero attached hydrogens (tertiary/aromatic N) is 3. The van der Waals surface area contributed by atoms with E-state index < -0.39 is 12.0 Å². The highest BCUT2D eigenvalue weighted by molar-refractivity contribution is 5.99. The van der Waals surface area contributed by atoms with Crippen LogP contribution in [0.15, 0.2) is 18.3 Å². The van der Waals surface area contributed by atoms with Gasteiger partial charge in [0, 0.05) is 38.9 Å². The lowest BCUT2D eigenvalue weighted by Gasteiger charge is -2.35. The molecular weight excluding hydrogens is 320 g/mol. The molecule has 7 heteroatoms. The molecule has 1 saturated carbocycles. The van der Waals surface area contributed by atoms with Crippen LogP contribution >= 0.6 is 0 Å². The average Bonchev–Trinajstić information content (AvgIpc) is 2.67. The fraction of sp³-hybridized carbons (Fsp3) is 0.611. The van der Waals surface area contributed by atoms with Crippen molar-refractivity contribution in [3.05, 3.63) is 23.9 Å². The molecule has 1 saturated heterocycles. The van der Waals surface area contributed by atoms with Gasteiger partial charge >= 0.3 is 5.97 Å². The van der Waals surface area contributed by atoms with Crippen molar-refractivity contribution < 1.29 is 14.7 Å². The highest BCUT2D eigenvalue weighted by Crippen LogP contribution is 2.27. The number of aromatic nitrogens is 1. The Kier molecular flexibility index (Phi) is 5.53. The molecule has 0 spiro atoms. The minimum absolute atomic E-state index is 0.140. The van der Waals surface area contributed by atoms with E-state index in [-0.39, 0.29) is 12.5 Å². The molecule has 0 radical (unpaired) electrons. The Morgan fingerprint density at radius 1 is 1.32 bits per heavy atom. The van der Waals surface area contributed by atoms with Crippen molar-refractivity contribution in [1.82, 2.24) is 15.2 Å². The first-order valence-electron chi connectivity index (χ1n) is 9.01. The van der Waals surface area contributed by atoms with E-state index >= 15 is 0 Å². The minimum Gasteiger partial charge on any atom is -0.480 e. The van der Waals surface area contributed by atoms with Gasteiger partial charge in [-0.2, -0.15) is 0 Å². The number of carbonyl (C=O) groups excluding carboxylic acids is 1. The molecule has 2 fully saturated rings. The minimum atomic E-state index is -0.928. The first kappa shape index (κ1) is 17.7. The number of carboxylic acids is 1. The highest BCUT2D eigenvalue weighted by atomic mass is 16.4. The van der Waals surface area contributed by atoms with E-state index in [4.69, 9.17) is 0 Å². The zero-order valence-corrected chi connectivity index (χ0v) is 14.6. The summed E-state index contributed by atoms with van der Waals surface area (Å²) in [5, 5.41) is 12.1. The molecule has 1 atom stereocenters. The van der Waals surface area contributed by atoms with Crippen molar-refractivity contribution >= 4 is 17.7 Å². The number of anilines is 1. The van der Waals surface area contributed by atoms with Crippen LogP contribution in [0.25, 0.3) is 0 Å². The monoisotopic (exact) mass is 346 g/mol. The van der Waals surface area contributed by atoms with E-state index in [1.165, 1.54) is 19.3 Å². The van der Waals surface area contributed by atoms with Crippen LogP contribution in [0.1, 0.15) is 42.5 Å². The molecule has 136 valence electrons. The summed E-state index contributed by atoms with van der Waals surface area (Å²) in [6, 6.07) is 3.25. The Labute approximate surface area is 148 Å². The van der Waals surface area contributed by atoms with Crippen molar-refractivity contribution in [3.63, 3.8) is 0 Å². The molecule has 1 amide bonds. The third kappa shape index (κ3) is 3.92. The van der Waals surface area contributed by atoms with Gasteiger partial charge in [0.2, 0.25) is 0 Å². The Bertz CT molecular complexity index is 631. The number of aliphatic carboxylic acids is 1. The summed E-state index contributed by atoms with van der Waals surface area (Å²) in [6.07, 6.45) is 7.65. The SMILES string of the molecule is CN(c1ncccc1C(=O)N1CCN[C@@H](C(=O)O)C1)C1CCCCC1. The largest absolute Gasteiger partial charge is 0.480 e. The lowest BCUT2D eigenvalue weighted by atomic mass is 9.94. The number of pyridine rings is 1. The van der Waals surface area contributed by atoms with Crippen molar-refractivity contribution in [2.24, 2.45) is 0 Å². The molecule has 1 aromatic rings. The molecule has 1 aliphatic heterocycles. The van der Waals surface area contributed by atoms with Crippen LogP contribution in [0.3, 0.4) is 0 Å². The number of amides is 1. The van der Waals surface area contributed by atoms with E-state index in [2.05, 4.69) is 15.2 Å². The molecule has 2 N–H and O–H groups in total. The van der Waals surface area contributed by atoms with Crippen LogP contribution in [0.2, 0.25) is 0 Å². The second-order valence-corrected chi connectivity index (χ2v) is 6.87. The second-order valence-electron chi connectivity index (χ2n) is 6.87. The van der Waals surface area contributed by atoms with Gasteiger partial charge in [-0.15, -0.1) is 0 Å². The third-order valence-corrected chi connectivity index (χ3v) is 5.23. The normalized spacial score (nSPS) is 21.8. The van der Waals surface area contributed by atoms with Crippen molar-refractivity contribution in [2.75, 3.05) is 31.6 Å². The summed E-state index contributed by atoms with van der Waals surface area (Å²) in [7, 11) is 2.01. The number of hydrogen-bond donors (Lipinski definition) is 2. The predicted molar refractivity (Wildman–Crippen MR) is 94.8 cm³/mol. The average molecular weight is 346 g/mol. The van der Waals surface area contributed by atoms with Crippen LogP contribution < -0.4 is 10.2 Å². The molecule has 25 heavy (non-hydrogen) atoms. The summed E-state index contributed by atoms with van der Waals surface area (Å²) < 4.78 is 0. The van der Waals surface area contributed by atoms with Gasteiger partial charge in [-0.25, -0.2) is 4.98 Å². The van der Waals surface area contributed by atoms with E-state index in [0.717, 1.165) is 12.8 Å². The van der Waals surface area contributed by atoms with Crippen molar-refractivity contribution in [1.29, 1.82) is 0 Å². The molecule has 1 aromatic heterocycles. The fourth-order valence-corrected chi connectivity index (χ4v) is 3.76. The van der Waals surface area contributed by atoms with Gasteiger partial charge in [-0.3, -0.25) is 9.59 Å². The highest BCUT2D eigenvalue weighted by Gasteiger charge is 2.31. The molecule has 7 nitrogen and oxygen atoms in total. The maximum atomic E-state index is 13.0. The third-order valence-electron chi connectivity index (χ3n) is 5.23. The molecule has 0 unspecified atom stereocenters. The number of carbonyl (C=O) groups is 2. The zero-order chi connectivity index (χ0) is 17.8. The fourth-order valence-electron chi connectivity index (χ4n) is 3.76. The Balaban J connectivity index is 1.79. The molecule has 0 bridgehead atoms. The van der Waals surface area contributed by atoms with Crippen LogP contribution in [0, 0.1) is 0 Å². The summed E-state index contributed by atoms with van der Waals surface area (Å²) in [5.74, 6) is -0.369. The zero-order valence-electron chi connectivity index (χ0n) is 14.6. The lowest BCUT2D eigenvalue weighted by molar-refractivity contribution is -0.140. The first-order chi connectivity index (χ1) is 12.1. The first-order valence-corrected chi connectivity index (χ1v) is 9.01. The van der Waals surface area contributed by atoms with Crippen LogP contribution in [0.5, 0.6) is 0 Å². The number of carboxylic acid groups (broad SMARTS) is 1. The van der Waals surface area contributed by atoms with Gasteiger partial charge in [-0.1, -0.05) is 19.3 Å². The lowest BCUT2D eigenvalue weighted by Crippen LogP contribution is -2.55. The standard InChI is InChI=1S/C18H26N4O3/c1-21(13-6-3-2-4-7-13)16-14(8-5-9-20-16)17(23)22-11-10-19-15(12-22)18(24)25/h5,8-9,13,15,19H,2-4,6-7,10-12H2,1H3,(H,24,25)/t15-/m1/s1. The summed E-state index contributed by atoms with van der Waals surface area (Å²) in [4.78, 5) is 32.4. The van der Waals surface area contributed by atoms with Crippen molar-refractivity contribution in [3.8, 4) is 0 Å². The maximum Gasteiger partial charge on any atom is 0.322 e. The quantitative estimate of drug-likeness (QED) is 0.856. The van der Waals surface area contributed by atoms with E-state index in [0.29, 0.717) is 30.5 Å². The van der Waals surface area contributed by atoms with Crippen LogP contribution in [-0.2, 0) is 4.79 Å². The summed E-state index contributed by atoms with van der Waals surface area (Å²) in [5.41, 5.74) is 0.557. The van der Waals surface area contributed by atoms with Gasteiger partial charge < -0.3 is 20.2 Å². The van der Waals surface area contributed by atoms with Gasteiger partial charge in [-0.05, 0) is 25.0 Å². The summed E-state index contributed by atoms with van der Waals surface area (Å²) in [6.45, 7) is 1.16. The van der Waals surface area contributed by atoms with Gasteiger partial charge in [0.05, 0.1) is 5.56 Å². The smallest absolute Gasteiger partial charge is 0.322 e. The number of piperazine rings is 1. The number of hydrogen-bond acceptors (Lipinski definition) is 5. The Morgan fingerprint density at radius 3 is 2.80 bits per heavy atom. The van der Waals surface area contributed by atoms with E-state index in [1.54, 1.807) is 23.2 Å². The number of nitrogens with one attached hydrogen (secondary N) is 1. The van der Waals surface area contributed by atoms with Gasteiger partial charge in [0.15, 0.2) is 0 Å². The molecule has 0 aromatic carbocycles. The topological polar surface area (TPSA) is 85.8 Å². The van der Waals surface area contributed by atoms with Gasteiger partial charge in [0.1, 0.15) is 11.9 Å². The second kappa shape index (κ2) is 7.82. The Morgan fingerprint density at radius 2 is 2.08 bits per heavy atom. The van der Waals surface area contributed by atoms with Crippen LogP contribution in [-0.4, -0.2) is 65.6 Å². The maximum absolute atomic E-state index is 13.0. The molecular formula is C18H26N4O3. The molecule has 1 aliphatic carbocycles.